The molecule has 2 aromatic rings. The van der Waals surface area contributed by atoms with Crippen molar-refractivity contribution >= 4 is 0 Å². The van der Waals surface area contributed by atoms with Crippen LogP contribution in [0.1, 0.15) is 11.3 Å². The van der Waals surface area contributed by atoms with Gasteiger partial charge in [0.15, 0.2) is 0 Å². The third kappa shape index (κ3) is 2.77. The molecule has 0 radical (unpaired) electrons. The second-order valence-corrected chi connectivity index (χ2v) is 3.56. The molecule has 96 valence electrons. The lowest BCUT2D eigenvalue weighted by atomic mass is 10.1. The highest BCUT2D eigenvalue weighted by Gasteiger charge is 2.32. The lowest BCUT2D eigenvalue weighted by molar-refractivity contribution is -0.141. The number of nitriles is 1. The number of H-pyrrole nitrogens is 1. The van der Waals surface area contributed by atoms with Crippen molar-refractivity contribution < 1.29 is 13.2 Å². The number of aromatic amines is 1. The van der Waals surface area contributed by atoms with Crippen LogP contribution in [-0.2, 0) is 6.18 Å². The van der Waals surface area contributed by atoms with Gasteiger partial charge in [-0.2, -0.15) is 23.4 Å². The summed E-state index contributed by atoms with van der Waals surface area (Å²) in [5.74, 6) is 0. The maximum absolute atomic E-state index is 12.5. The summed E-state index contributed by atoms with van der Waals surface area (Å²) in [6.07, 6.45) is -2.21. The molecule has 0 amide bonds. The number of nitrogens with one attached hydrogen (secondary N) is 1. The Morgan fingerprint density at radius 3 is 2.63 bits per heavy atom. The van der Waals surface area contributed by atoms with E-state index in [2.05, 4.69) is 9.97 Å². The first kappa shape index (κ1) is 12.8. The molecule has 1 N–H and O–H groups in total. The second-order valence-electron chi connectivity index (χ2n) is 3.56. The maximum atomic E-state index is 12.5. The normalized spacial score (nSPS) is 11.1. The smallest absolute Gasteiger partial charge is 0.302 e. The molecule has 2 aromatic heterocycles. The summed E-state index contributed by atoms with van der Waals surface area (Å²) in [4.78, 5) is 19.9. The third-order valence-electron chi connectivity index (χ3n) is 2.21. The van der Waals surface area contributed by atoms with E-state index in [9.17, 15) is 18.0 Å². The molecule has 2 heterocycles. The van der Waals surface area contributed by atoms with Crippen molar-refractivity contribution in [3.63, 3.8) is 0 Å². The first-order valence-corrected chi connectivity index (χ1v) is 4.94. The minimum absolute atomic E-state index is 0.160. The van der Waals surface area contributed by atoms with Gasteiger partial charge in [0.05, 0.1) is 11.3 Å². The molecule has 0 aliphatic rings. The highest BCUT2D eigenvalue weighted by atomic mass is 19.4. The summed E-state index contributed by atoms with van der Waals surface area (Å²) in [6, 6.07) is 3.79. The fourth-order valence-corrected chi connectivity index (χ4v) is 1.40. The lowest BCUT2D eigenvalue weighted by Crippen LogP contribution is -2.19. The summed E-state index contributed by atoms with van der Waals surface area (Å²) in [7, 11) is 0. The number of nitrogens with zero attached hydrogens (tertiary/aromatic N) is 3. The molecule has 0 aliphatic heterocycles. The zero-order chi connectivity index (χ0) is 14.0. The van der Waals surface area contributed by atoms with E-state index >= 15 is 0 Å². The second kappa shape index (κ2) is 4.53. The van der Waals surface area contributed by atoms with E-state index in [-0.39, 0.29) is 16.8 Å². The van der Waals surface area contributed by atoms with Crippen molar-refractivity contribution in [2.24, 2.45) is 0 Å². The molecule has 0 aromatic carbocycles. The molecule has 8 heteroatoms. The average molecular weight is 266 g/mol. The summed E-state index contributed by atoms with van der Waals surface area (Å²) >= 11 is 0. The Labute approximate surface area is 104 Å². The lowest BCUT2D eigenvalue weighted by Gasteiger charge is -2.07. The Morgan fingerprint density at radius 2 is 2.00 bits per heavy atom. The van der Waals surface area contributed by atoms with Crippen LogP contribution in [0.5, 0.6) is 0 Å². The number of rotatable bonds is 1. The van der Waals surface area contributed by atoms with Gasteiger partial charge in [0.1, 0.15) is 11.8 Å². The fraction of sp³-hybridized carbons (Fsp3) is 0.0909. The largest absolute Gasteiger partial charge is 0.431 e. The molecule has 5 nitrogen and oxygen atoms in total. The van der Waals surface area contributed by atoms with Gasteiger partial charge in [0.25, 0.3) is 0 Å². The van der Waals surface area contributed by atoms with Crippen molar-refractivity contribution in [3.8, 4) is 17.3 Å². The summed E-state index contributed by atoms with van der Waals surface area (Å²) in [5, 5.41) is 8.69. The monoisotopic (exact) mass is 266 g/mol. The van der Waals surface area contributed by atoms with E-state index in [1.165, 1.54) is 18.5 Å². The summed E-state index contributed by atoms with van der Waals surface area (Å²) < 4.78 is 37.6. The van der Waals surface area contributed by atoms with E-state index in [4.69, 9.17) is 5.26 Å². The summed E-state index contributed by atoms with van der Waals surface area (Å²) in [5.41, 5.74) is -2.19. The van der Waals surface area contributed by atoms with Crippen molar-refractivity contribution in [2.45, 2.75) is 6.18 Å². The van der Waals surface area contributed by atoms with Crippen LogP contribution in [0.25, 0.3) is 11.3 Å². The standard InChI is InChI=1S/C11H5F3N4O/c12-11(13,14)9-2-8(17-10(19)18-9)7-1-6(3-15)4-16-5-7/h1-2,4-5H,(H,17,18,19). The average Bonchev–Trinajstić information content (AvgIpc) is 2.37. The van der Waals surface area contributed by atoms with E-state index in [1.54, 1.807) is 11.1 Å². The van der Waals surface area contributed by atoms with Crippen LogP contribution in [0, 0.1) is 11.3 Å². The SMILES string of the molecule is N#Cc1cncc(-c2cc(C(F)(F)F)[nH]c(=O)n2)c1. The van der Waals surface area contributed by atoms with Gasteiger partial charge in [-0.1, -0.05) is 0 Å². The molecule has 19 heavy (non-hydrogen) atoms. The van der Waals surface area contributed by atoms with E-state index in [1.807, 2.05) is 0 Å². The van der Waals surface area contributed by atoms with Gasteiger partial charge in [-0.15, -0.1) is 0 Å². The van der Waals surface area contributed by atoms with Gasteiger partial charge in [-0.05, 0) is 12.1 Å². The Morgan fingerprint density at radius 1 is 1.26 bits per heavy atom. The molecule has 0 aliphatic carbocycles. The number of pyridine rings is 1. The van der Waals surface area contributed by atoms with E-state index in [0.717, 1.165) is 0 Å². The van der Waals surface area contributed by atoms with Crippen LogP contribution < -0.4 is 5.69 Å². The van der Waals surface area contributed by atoms with Gasteiger partial charge in [0, 0.05) is 18.0 Å². The molecule has 0 saturated carbocycles. The van der Waals surface area contributed by atoms with Crippen molar-refractivity contribution in [3.05, 3.63) is 46.3 Å². The Bertz CT molecular complexity index is 715. The topological polar surface area (TPSA) is 82.4 Å². The van der Waals surface area contributed by atoms with Crippen molar-refractivity contribution in [1.29, 1.82) is 5.26 Å². The van der Waals surface area contributed by atoms with Gasteiger partial charge < -0.3 is 4.98 Å². The fourth-order valence-electron chi connectivity index (χ4n) is 1.40. The quantitative estimate of drug-likeness (QED) is 0.851. The molecule has 0 spiro atoms. The van der Waals surface area contributed by atoms with Crippen molar-refractivity contribution in [1.82, 2.24) is 15.0 Å². The van der Waals surface area contributed by atoms with Gasteiger partial charge in [0.2, 0.25) is 0 Å². The Kier molecular flexibility index (Phi) is 3.04. The minimum Gasteiger partial charge on any atom is -0.302 e. The molecular weight excluding hydrogens is 261 g/mol. The first-order chi connectivity index (χ1) is 8.90. The minimum atomic E-state index is -4.68. The number of hydrogen-bond acceptors (Lipinski definition) is 4. The maximum Gasteiger partial charge on any atom is 0.431 e. The number of aromatic nitrogens is 3. The van der Waals surface area contributed by atoms with Crippen molar-refractivity contribution in [2.75, 3.05) is 0 Å². The van der Waals surface area contributed by atoms with Gasteiger partial charge >= 0.3 is 11.9 Å². The van der Waals surface area contributed by atoms with Crippen LogP contribution >= 0.6 is 0 Å². The highest BCUT2D eigenvalue weighted by molar-refractivity contribution is 5.59. The molecule has 0 atom stereocenters. The van der Waals surface area contributed by atoms with Gasteiger partial charge in [-0.25, -0.2) is 4.79 Å². The highest BCUT2D eigenvalue weighted by Crippen LogP contribution is 2.28. The number of hydrogen-bond donors (Lipinski definition) is 1. The molecule has 2 rings (SSSR count). The first-order valence-electron chi connectivity index (χ1n) is 4.94. The Hall–Kier alpha value is -2.69. The zero-order valence-electron chi connectivity index (χ0n) is 9.19. The molecule has 0 saturated heterocycles. The number of alkyl halides is 3. The predicted octanol–water partition coefficient (Wildman–Crippen LogP) is 1.72. The third-order valence-corrected chi connectivity index (χ3v) is 2.21. The van der Waals surface area contributed by atoms with Crippen LogP contribution in [0.2, 0.25) is 0 Å². The molecule has 0 bridgehead atoms. The molecule has 0 fully saturated rings. The van der Waals surface area contributed by atoms with Crippen LogP contribution in [-0.4, -0.2) is 15.0 Å². The summed E-state index contributed by atoms with van der Waals surface area (Å²) in [6.45, 7) is 0. The molecular formula is C11H5F3N4O. The van der Waals surface area contributed by atoms with Crippen LogP contribution in [0.3, 0.4) is 0 Å². The number of halogens is 3. The van der Waals surface area contributed by atoms with E-state index < -0.39 is 17.6 Å². The van der Waals surface area contributed by atoms with Gasteiger partial charge in [-0.3, -0.25) is 4.98 Å². The predicted molar refractivity (Wildman–Crippen MR) is 57.8 cm³/mol. The Balaban J connectivity index is 2.60. The van der Waals surface area contributed by atoms with Crippen LogP contribution in [0.15, 0.2) is 29.3 Å². The van der Waals surface area contributed by atoms with Crippen LogP contribution in [0.4, 0.5) is 13.2 Å². The zero-order valence-corrected chi connectivity index (χ0v) is 9.19. The molecule has 0 unspecified atom stereocenters. The van der Waals surface area contributed by atoms with E-state index in [0.29, 0.717) is 6.07 Å².